The maximum atomic E-state index is 3.55. The van der Waals surface area contributed by atoms with Gasteiger partial charge in [-0.25, -0.2) is 0 Å². The molecule has 16 heavy (non-hydrogen) atoms. The third-order valence-corrected chi connectivity index (χ3v) is 3.49. The van der Waals surface area contributed by atoms with E-state index in [2.05, 4.69) is 60.9 Å². The highest BCUT2D eigenvalue weighted by Gasteiger charge is 2.05. The summed E-state index contributed by atoms with van der Waals surface area (Å²) in [6.07, 6.45) is 1.07. The lowest BCUT2D eigenvalue weighted by Gasteiger charge is -2.14. The normalized spacial score (nSPS) is 12.4. The third kappa shape index (κ3) is 2.86. The first kappa shape index (κ1) is 11.2. The number of aryl methyl sites for hydroxylation is 1. The van der Waals surface area contributed by atoms with Crippen LogP contribution in [-0.2, 0) is 6.42 Å². The quantitative estimate of drug-likeness (QED) is 0.835. The van der Waals surface area contributed by atoms with Crippen molar-refractivity contribution in [3.05, 3.63) is 52.2 Å². The van der Waals surface area contributed by atoms with Crippen LogP contribution in [0.1, 0.15) is 17.4 Å². The van der Waals surface area contributed by atoms with E-state index in [4.69, 9.17) is 0 Å². The van der Waals surface area contributed by atoms with Gasteiger partial charge in [0.05, 0.1) is 0 Å². The molecule has 0 aliphatic carbocycles. The van der Waals surface area contributed by atoms with Crippen LogP contribution in [-0.4, -0.2) is 6.04 Å². The molecule has 1 N–H and O–H groups in total. The van der Waals surface area contributed by atoms with Gasteiger partial charge in [0.1, 0.15) is 0 Å². The van der Waals surface area contributed by atoms with Crippen LogP contribution in [0.25, 0.3) is 0 Å². The van der Waals surface area contributed by atoms with Crippen LogP contribution in [0, 0.1) is 6.92 Å². The average Bonchev–Trinajstić information content (AvgIpc) is 2.66. The maximum absolute atomic E-state index is 3.55. The van der Waals surface area contributed by atoms with Gasteiger partial charge >= 0.3 is 0 Å². The molecule has 1 aromatic carbocycles. The lowest BCUT2D eigenvalue weighted by atomic mass is 10.1. The van der Waals surface area contributed by atoms with E-state index in [0.29, 0.717) is 6.04 Å². The molecule has 0 fully saturated rings. The van der Waals surface area contributed by atoms with Gasteiger partial charge in [-0.05, 0) is 37.3 Å². The summed E-state index contributed by atoms with van der Waals surface area (Å²) in [5, 5.41) is 5.68. The molecule has 0 aliphatic rings. The van der Waals surface area contributed by atoms with Gasteiger partial charge < -0.3 is 5.32 Å². The highest BCUT2D eigenvalue weighted by molar-refractivity contribution is 7.10. The highest BCUT2D eigenvalue weighted by Crippen LogP contribution is 2.21. The average molecular weight is 231 g/mol. The number of rotatable bonds is 4. The number of hydrogen-bond acceptors (Lipinski definition) is 2. The van der Waals surface area contributed by atoms with Crippen molar-refractivity contribution in [3.8, 4) is 0 Å². The van der Waals surface area contributed by atoms with Crippen LogP contribution in [0.15, 0.2) is 41.8 Å². The molecule has 1 unspecified atom stereocenters. The fourth-order valence-corrected chi connectivity index (χ4v) is 2.48. The molecule has 1 heterocycles. The van der Waals surface area contributed by atoms with Crippen molar-refractivity contribution in [3.63, 3.8) is 0 Å². The zero-order valence-electron chi connectivity index (χ0n) is 9.73. The topological polar surface area (TPSA) is 12.0 Å². The van der Waals surface area contributed by atoms with Crippen molar-refractivity contribution in [2.75, 3.05) is 5.32 Å². The number of thiophene rings is 1. The van der Waals surface area contributed by atoms with E-state index in [1.54, 1.807) is 11.3 Å². The first-order valence-electron chi connectivity index (χ1n) is 5.60. The molecule has 0 spiro atoms. The Labute approximate surface area is 101 Å². The van der Waals surface area contributed by atoms with E-state index in [1.165, 1.54) is 16.1 Å². The van der Waals surface area contributed by atoms with Gasteiger partial charge in [0.25, 0.3) is 0 Å². The van der Waals surface area contributed by atoms with Crippen LogP contribution >= 0.6 is 11.3 Å². The fourth-order valence-electron chi connectivity index (χ4n) is 1.82. The molecule has 0 amide bonds. The third-order valence-electron chi connectivity index (χ3n) is 2.65. The van der Waals surface area contributed by atoms with E-state index in [9.17, 15) is 0 Å². The molecule has 1 aromatic heterocycles. The molecular weight excluding hydrogens is 214 g/mol. The van der Waals surface area contributed by atoms with Crippen LogP contribution in [0.3, 0.4) is 0 Å². The molecule has 0 bridgehead atoms. The number of benzene rings is 1. The minimum absolute atomic E-state index is 0.468. The monoisotopic (exact) mass is 231 g/mol. The van der Waals surface area contributed by atoms with E-state index < -0.39 is 0 Å². The Morgan fingerprint density at radius 2 is 1.94 bits per heavy atom. The smallest absolute Gasteiger partial charge is 0.0480 e. The summed E-state index contributed by atoms with van der Waals surface area (Å²) < 4.78 is 0. The first-order chi connectivity index (χ1) is 7.75. The van der Waals surface area contributed by atoms with Crippen molar-refractivity contribution in [2.24, 2.45) is 0 Å². The summed E-state index contributed by atoms with van der Waals surface area (Å²) in [7, 11) is 0. The Morgan fingerprint density at radius 3 is 2.56 bits per heavy atom. The lowest BCUT2D eigenvalue weighted by Crippen LogP contribution is -2.17. The Bertz CT molecular complexity index is 433. The zero-order chi connectivity index (χ0) is 11.4. The van der Waals surface area contributed by atoms with E-state index in [0.717, 1.165) is 6.42 Å². The molecule has 2 aromatic rings. The summed E-state index contributed by atoms with van der Waals surface area (Å²) >= 11 is 1.79. The minimum atomic E-state index is 0.468. The molecule has 0 aliphatic heterocycles. The zero-order valence-corrected chi connectivity index (χ0v) is 10.6. The summed E-state index contributed by atoms with van der Waals surface area (Å²) in [6, 6.07) is 13.2. The second kappa shape index (κ2) is 5.17. The Hall–Kier alpha value is -1.28. The summed E-state index contributed by atoms with van der Waals surface area (Å²) in [5.41, 5.74) is 2.66. The highest BCUT2D eigenvalue weighted by atomic mass is 32.1. The second-order valence-electron chi connectivity index (χ2n) is 4.13. The van der Waals surface area contributed by atoms with Gasteiger partial charge in [-0.2, -0.15) is 0 Å². The van der Waals surface area contributed by atoms with E-state index >= 15 is 0 Å². The SMILES string of the molecule is Cc1sccc1NC(C)Cc1ccccc1. The Kier molecular flexibility index (Phi) is 3.62. The van der Waals surface area contributed by atoms with Gasteiger partial charge in [0, 0.05) is 16.6 Å². The van der Waals surface area contributed by atoms with Gasteiger partial charge in [0.2, 0.25) is 0 Å². The van der Waals surface area contributed by atoms with E-state index in [-0.39, 0.29) is 0 Å². The fraction of sp³-hybridized carbons (Fsp3) is 0.286. The lowest BCUT2D eigenvalue weighted by molar-refractivity contribution is 0.790. The van der Waals surface area contributed by atoms with Crippen molar-refractivity contribution >= 4 is 17.0 Å². The van der Waals surface area contributed by atoms with Crippen molar-refractivity contribution in [1.29, 1.82) is 0 Å². The van der Waals surface area contributed by atoms with Crippen molar-refractivity contribution in [1.82, 2.24) is 0 Å². The molecule has 0 saturated heterocycles. The van der Waals surface area contributed by atoms with Crippen LogP contribution in [0.2, 0.25) is 0 Å². The van der Waals surface area contributed by atoms with Crippen LogP contribution < -0.4 is 5.32 Å². The number of nitrogens with one attached hydrogen (secondary N) is 1. The Balaban J connectivity index is 1.95. The Morgan fingerprint density at radius 1 is 1.19 bits per heavy atom. The molecular formula is C14H17NS. The molecule has 1 nitrogen and oxygen atoms in total. The molecule has 0 radical (unpaired) electrons. The van der Waals surface area contributed by atoms with Crippen LogP contribution in [0.4, 0.5) is 5.69 Å². The molecule has 2 heteroatoms. The largest absolute Gasteiger partial charge is 0.381 e. The van der Waals surface area contributed by atoms with E-state index in [1.807, 2.05) is 0 Å². The first-order valence-corrected chi connectivity index (χ1v) is 6.48. The van der Waals surface area contributed by atoms with Crippen LogP contribution in [0.5, 0.6) is 0 Å². The van der Waals surface area contributed by atoms with Crippen molar-refractivity contribution in [2.45, 2.75) is 26.3 Å². The van der Waals surface area contributed by atoms with Gasteiger partial charge in [-0.3, -0.25) is 0 Å². The second-order valence-corrected chi connectivity index (χ2v) is 5.25. The summed E-state index contributed by atoms with van der Waals surface area (Å²) in [6.45, 7) is 4.38. The molecule has 84 valence electrons. The predicted octanol–water partition coefficient (Wildman–Crippen LogP) is 4.10. The predicted molar refractivity (Wildman–Crippen MR) is 72.3 cm³/mol. The molecule has 1 atom stereocenters. The van der Waals surface area contributed by atoms with Crippen molar-refractivity contribution < 1.29 is 0 Å². The number of anilines is 1. The molecule has 2 rings (SSSR count). The van der Waals surface area contributed by atoms with Gasteiger partial charge in [-0.15, -0.1) is 11.3 Å². The molecule has 0 saturated carbocycles. The minimum Gasteiger partial charge on any atom is -0.381 e. The summed E-state index contributed by atoms with van der Waals surface area (Å²) in [5.74, 6) is 0. The summed E-state index contributed by atoms with van der Waals surface area (Å²) in [4.78, 5) is 1.36. The maximum Gasteiger partial charge on any atom is 0.0480 e. The van der Waals surface area contributed by atoms with Gasteiger partial charge in [0.15, 0.2) is 0 Å². The standard InChI is InChI=1S/C14H17NS/c1-11(10-13-6-4-3-5-7-13)15-14-8-9-16-12(14)2/h3-9,11,15H,10H2,1-2H3. The van der Waals surface area contributed by atoms with Gasteiger partial charge in [-0.1, -0.05) is 30.3 Å². The number of hydrogen-bond donors (Lipinski definition) is 1.